The van der Waals surface area contributed by atoms with Crippen molar-refractivity contribution >= 4 is 27.7 Å². The highest BCUT2D eigenvalue weighted by Crippen LogP contribution is 2.30. The third-order valence-corrected chi connectivity index (χ3v) is 5.44. The number of aliphatic hydroxyl groups is 3. The number of urea groups is 1. The lowest BCUT2D eigenvalue weighted by Gasteiger charge is -2.37. The molecule has 2 saturated heterocycles. The molecule has 4 rings (SSSR count). The van der Waals surface area contributed by atoms with Crippen LogP contribution < -0.4 is 11.1 Å². The van der Waals surface area contributed by atoms with Gasteiger partial charge in [-0.15, -0.1) is 0 Å². The number of carbonyl (C=O) groups excluding carboxylic acids is 2. The van der Waals surface area contributed by atoms with Crippen LogP contribution in [0.2, 0.25) is 0 Å². The number of halogens is 2. The fraction of sp³-hybridized carbons (Fsp3) is 0.474. The standard InChI is InChI=1S/C16H17BrFN3O6.C3H6O2/c17-8-3-1-2-7(4-8)13(25)16(19)10(18)5-21(15(26)20-16)14-12(24)11(23)9(6-22)27-14;1-2-5-3-4-1/h1-5,9,11-12,14,22-24H,6,19H2,(H,20,26);1-3H2/t9-,11-,12-,14-,16?;/m1./s1. The lowest BCUT2D eigenvalue weighted by molar-refractivity contribution is -0.0679. The number of nitrogens with two attached hydrogens (primary N) is 1. The highest BCUT2D eigenvalue weighted by molar-refractivity contribution is 9.10. The van der Waals surface area contributed by atoms with Crippen molar-refractivity contribution in [3.05, 3.63) is 46.3 Å². The van der Waals surface area contributed by atoms with Crippen LogP contribution in [0.15, 0.2) is 40.8 Å². The number of benzene rings is 1. The van der Waals surface area contributed by atoms with Crippen molar-refractivity contribution < 1.29 is 43.5 Å². The maximum absolute atomic E-state index is 14.7. The summed E-state index contributed by atoms with van der Waals surface area (Å²) in [6.07, 6.45) is -5.05. The molecule has 2 amide bonds. The molecule has 6 N–H and O–H groups in total. The van der Waals surface area contributed by atoms with Crippen molar-refractivity contribution in [1.29, 1.82) is 0 Å². The molecule has 3 aliphatic heterocycles. The number of amides is 2. The predicted octanol–water partition coefficient (Wildman–Crippen LogP) is -0.447. The van der Waals surface area contributed by atoms with E-state index in [4.69, 9.17) is 25.1 Å². The Bertz CT molecular complexity index is 878. The molecule has 0 aromatic heterocycles. The zero-order chi connectivity index (χ0) is 23.5. The summed E-state index contributed by atoms with van der Waals surface area (Å²) in [4.78, 5) is 25.7. The van der Waals surface area contributed by atoms with Crippen molar-refractivity contribution in [3.63, 3.8) is 0 Å². The van der Waals surface area contributed by atoms with Gasteiger partial charge in [0.15, 0.2) is 12.1 Å². The molecule has 13 heteroatoms. The average Bonchev–Trinajstić information content (AvgIpc) is 3.44. The van der Waals surface area contributed by atoms with Gasteiger partial charge in [-0.1, -0.05) is 28.1 Å². The lowest BCUT2D eigenvalue weighted by atomic mass is 9.96. The number of hydrogen-bond acceptors (Lipinski definition) is 9. The Morgan fingerprint density at radius 3 is 2.53 bits per heavy atom. The Balaban J connectivity index is 0.000000509. The van der Waals surface area contributed by atoms with E-state index in [1.165, 1.54) is 12.1 Å². The molecule has 3 aliphatic rings. The van der Waals surface area contributed by atoms with Gasteiger partial charge in [0.1, 0.15) is 25.1 Å². The summed E-state index contributed by atoms with van der Waals surface area (Å²) in [5.74, 6) is -2.07. The third kappa shape index (κ3) is 5.00. The zero-order valence-electron chi connectivity index (χ0n) is 16.7. The second-order valence-electron chi connectivity index (χ2n) is 7.13. The maximum atomic E-state index is 14.7. The van der Waals surface area contributed by atoms with Crippen LogP contribution in [0.25, 0.3) is 0 Å². The number of carbonyl (C=O) groups is 2. The highest BCUT2D eigenvalue weighted by atomic mass is 79.9. The predicted molar refractivity (Wildman–Crippen MR) is 109 cm³/mol. The Labute approximate surface area is 190 Å². The van der Waals surface area contributed by atoms with Gasteiger partial charge in [0.05, 0.1) is 19.8 Å². The van der Waals surface area contributed by atoms with Crippen LogP contribution in [0.3, 0.4) is 0 Å². The Hall–Kier alpha value is -1.97. The third-order valence-electron chi connectivity index (χ3n) is 4.94. The smallest absolute Gasteiger partial charge is 0.325 e. The number of ether oxygens (including phenoxy) is 3. The van der Waals surface area contributed by atoms with Crippen LogP contribution >= 0.6 is 15.9 Å². The molecule has 0 saturated carbocycles. The van der Waals surface area contributed by atoms with Gasteiger partial charge >= 0.3 is 6.03 Å². The molecule has 5 atom stereocenters. The van der Waals surface area contributed by atoms with Crippen LogP contribution in [0.5, 0.6) is 0 Å². The molecular formula is C19H23BrFN3O8. The van der Waals surface area contributed by atoms with Gasteiger partial charge in [-0.3, -0.25) is 15.4 Å². The van der Waals surface area contributed by atoms with Crippen molar-refractivity contribution in [3.8, 4) is 0 Å². The van der Waals surface area contributed by atoms with Crippen LogP contribution in [-0.4, -0.2) is 88.9 Å². The van der Waals surface area contributed by atoms with Gasteiger partial charge in [0, 0.05) is 16.2 Å². The van der Waals surface area contributed by atoms with E-state index < -0.39 is 54.5 Å². The number of Topliss-reactive ketones (excluding diaryl/α,β-unsaturated/α-hetero) is 1. The molecule has 1 unspecified atom stereocenters. The van der Waals surface area contributed by atoms with E-state index in [-0.39, 0.29) is 5.56 Å². The van der Waals surface area contributed by atoms with Crippen LogP contribution in [0, 0.1) is 0 Å². The molecule has 11 nitrogen and oxygen atoms in total. The van der Waals surface area contributed by atoms with Crippen LogP contribution in [0.4, 0.5) is 9.18 Å². The largest absolute Gasteiger partial charge is 0.394 e. The van der Waals surface area contributed by atoms with Crippen molar-refractivity contribution in [2.45, 2.75) is 30.2 Å². The number of aliphatic hydroxyl groups excluding tert-OH is 3. The van der Waals surface area contributed by atoms with Gasteiger partial charge in [-0.05, 0) is 12.1 Å². The monoisotopic (exact) mass is 519 g/mol. The molecule has 0 spiro atoms. The van der Waals surface area contributed by atoms with Crippen molar-refractivity contribution in [2.24, 2.45) is 5.73 Å². The van der Waals surface area contributed by atoms with E-state index in [2.05, 4.69) is 21.2 Å². The Kier molecular flexibility index (Phi) is 7.95. The molecule has 3 heterocycles. The molecule has 1 aromatic rings. The Morgan fingerprint density at radius 2 is 2.00 bits per heavy atom. The summed E-state index contributed by atoms with van der Waals surface area (Å²) in [5, 5.41) is 31.0. The fourth-order valence-electron chi connectivity index (χ4n) is 3.19. The number of nitrogens with zero attached hydrogens (tertiary/aromatic N) is 1. The van der Waals surface area contributed by atoms with E-state index in [0.29, 0.717) is 22.4 Å². The minimum absolute atomic E-state index is 0.0668. The number of hydrogen-bond donors (Lipinski definition) is 5. The number of rotatable bonds is 4. The van der Waals surface area contributed by atoms with E-state index in [0.717, 1.165) is 13.2 Å². The van der Waals surface area contributed by atoms with Gasteiger partial charge in [0.25, 0.3) is 0 Å². The van der Waals surface area contributed by atoms with E-state index in [1.54, 1.807) is 12.1 Å². The van der Waals surface area contributed by atoms with E-state index >= 15 is 0 Å². The maximum Gasteiger partial charge on any atom is 0.325 e. The first-order valence-corrected chi connectivity index (χ1v) is 10.3. The molecule has 32 heavy (non-hydrogen) atoms. The molecule has 0 aliphatic carbocycles. The number of nitrogens with one attached hydrogen (secondary N) is 1. The first-order chi connectivity index (χ1) is 15.2. The van der Waals surface area contributed by atoms with Gasteiger partial charge in [0.2, 0.25) is 11.4 Å². The summed E-state index contributed by atoms with van der Waals surface area (Å²) in [6.45, 7) is 1.44. The van der Waals surface area contributed by atoms with Crippen LogP contribution in [-0.2, 0) is 14.2 Å². The lowest BCUT2D eigenvalue weighted by Crippen LogP contribution is -2.68. The molecule has 176 valence electrons. The van der Waals surface area contributed by atoms with Crippen LogP contribution in [0.1, 0.15) is 10.4 Å². The molecule has 0 bridgehead atoms. The fourth-order valence-corrected chi connectivity index (χ4v) is 3.59. The SMILES string of the molecule is C1COCO1.NC1(C(=O)c2cccc(Br)c2)NC(=O)N([C@@H]2O[C@H](CO)[C@@H](O)[C@H]2O)C=C1F. The van der Waals surface area contributed by atoms with Gasteiger partial charge < -0.3 is 34.8 Å². The van der Waals surface area contributed by atoms with Gasteiger partial charge in [-0.25, -0.2) is 9.18 Å². The van der Waals surface area contributed by atoms with Crippen molar-refractivity contribution in [2.75, 3.05) is 26.6 Å². The Morgan fingerprint density at radius 1 is 1.31 bits per heavy atom. The quantitative estimate of drug-likeness (QED) is 0.331. The topological polar surface area (TPSA) is 164 Å². The van der Waals surface area contributed by atoms with Gasteiger partial charge in [-0.2, -0.15) is 0 Å². The summed E-state index contributed by atoms with van der Waals surface area (Å²) >= 11 is 3.19. The second kappa shape index (κ2) is 10.3. The van der Waals surface area contributed by atoms with Crippen molar-refractivity contribution in [1.82, 2.24) is 10.2 Å². The molecule has 1 aromatic carbocycles. The summed E-state index contributed by atoms with van der Waals surface area (Å²) in [6, 6.07) is 5.04. The summed E-state index contributed by atoms with van der Waals surface area (Å²) in [5.41, 5.74) is 3.46. The zero-order valence-corrected chi connectivity index (χ0v) is 18.3. The number of ketones is 1. The highest BCUT2D eigenvalue weighted by Gasteiger charge is 2.51. The minimum Gasteiger partial charge on any atom is -0.394 e. The first-order valence-electron chi connectivity index (χ1n) is 9.54. The van der Waals surface area contributed by atoms with E-state index in [9.17, 15) is 24.2 Å². The normalized spacial score (nSPS) is 32.1. The summed E-state index contributed by atoms with van der Waals surface area (Å²) in [7, 11) is 0. The minimum atomic E-state index is -2.44. The molecule has 2 fully saturated rings. The molecule has 0 radical (unpaired) electrons. The molecular weight excluding hydrogens is 497 g/mol. The average molecular weight is 520 g/mol. The van der Waals surface area contributed by atoms with E-state index in [1.807, 2.05) is 0 Å². The second-order valence-corrected chi connectivity index (χ2v) is 8.04. The first kappa shape index (κ1) is 24.7. The summed E-state index contributed by atoms with van der Waals surface area (Å²) < 4.78 is 30.0.